The Hall–Kier alpha value is -0.870. The highest BCUT2D eigenvalue weighted by molar-refractivity contribution is 8.18. The lowest BCUT2D eigenvalue weighted by Crippen LogP contribution is -2.32. The molecule has 3 rings (SSSR count). The van der Waals surface area contributed by atoms with E-state index < -0.39 is 0 Å². The lowest BCUT2D eigenvalue weighted by atomic mass is 9.99. The SMILES string of the molecule is CCCOC(c1cccc(OCCOSOO)c1)C1(c2ccccc2)SCCCS1. The Balaban J connectivity index is 1.86. The molecule has 0 saturated carbocycles. The molecule has 0 aromatic heterocycles. The average molecular weight is 469 g/mol. The first kappa shape index (κ1) is 23.8. The summed E-state index contributed by atoms with van der Waals surface area (Å²) in [7, 11) is 0. The molecule has 1 saturated heterocycles. The lowest BCUT2D eigenvalue weighted by molar-refractivity contribution is -0.124. The monoisotopic (exact) mass is 468 g/mol. The van der Waals surface area contributed by atoms with Gasteiger partial charge >= 0.3 is 0 Å². The van der Waals surface area contributed by atoms with Crippen LogP contribution in [-0.4, -0.2) is 36.6 Å². The normalized spacial score (nSPS) is 16.9. The molecular formula is C22H28O5S3. The van der Waals surface area contributed by atoms with Gasteiger partial charge in [-0.2, -0.15) is 0 Å². The summed E-state index contributed by atoms with van der Waals surface area (Å²) in [6, 6.07) is 18.8. The fraction of sp³-hybridized carbons (Fsp3) is 0.455. The third-order valence-corrected chi connectivity index (χ3v) is 8.38. The predicted molar refractivity (Wildman–Crippen MR) is 126 cm³/mol. The number of thioether (sulfide) groups is 2. The van der Waals surface area contributed by atoms with Gasteiger partial charge in [-0.25, -0.2) is 5.26 Å². The van der Waals surface area contributed by atoms with E-state index in [1.807, 2.05) is 35.7 Å². The first-order chi connectivity index (χ1) is 14.8. The van der Waals surface area contributed by atoms with Crippen molar-refractivity contribution >= 4 is 35.8 Å². The summed E-state index contributed by atoms with van der Waals surface area (Å²) >= 11 is 4.50. The summed E-state index contributed by atoms with van der Waals surface area (Å²) in [6.45, 7) is 3.50. The molecule has 164 valence electrons. The van der Waals surface area contributed by atoms with Gasteiger partial charge in [-0.1, -0.05) is 49.4 Å². The Morgan fingerprint density at radius 1 is 1.03 bits per heavy atom. The van der Waals surface area contributed by atoms with E-state index in [0.29, 0.717) is 32.1 Å². The minimum absolute atomic E-state index is 0.0895. The van der Waals surface area contributed by atoms with Crippen LogP contribution in [0, 0.1) is 0 Å². The third kappa shape index (κ3) is 6.32. The first-order valence-corrected chi connectivity index (χ1v) is 12.7. The fourth-order valence-corrected chi connectivity index (χ4v) is 7.06. The molecule has 1 atom stereocenters. The highest BCUT2D eigenvalue weighted by Crippen LogP contribution is 2.58. The van der Waals surface area contributed by atoms with Crippen LogP contribution in [0.2, 0.25) is 0 Å². The quantitative estimate of drug-likeness (QED) is 0.168. The summed E-state index contributed by atoms with van der Waals surface area (Å²) in [5.41, 5.74) is 2.40. The van der Waals surface area contributed by atoms with Crippen molar-refractivity contribution in [1.82, 2.24) is 0 Å². The van der Waals surface area contributed by atoms with Crippen molar-refractivity contribution in [2.75, 3.05) is 31.3 Å². The molecule has 2 aromatic rings. The van der Waals surface area contributed by atoms with Crippen LogP contribution < -0.4 is 4.74 Å². The van der Waals surface area contributed by atoms with Crippen LogP contribution in [-0.2, 0) is 17.3 Å². The number of benzene rings is 2. The third-order valence-electron chi connectivity index (χ3n) is 4.61. The van der Waals surface area contributed by atoms with Gasteiger partial charge in [-0.05, 0) is 47.6 Å². The minimum Gasteiger partial charge on any atom is -0.491 e. The topological polar surface area (TPSA) is 57.2 Å². The van der Waals surface area contributed by atoms with Crippen LogP contribution in [0.25, 0.3) is 0 Å². The van der Waals surface area contributed by atoms with Crippen LogP contribution in [0.3, 0.4) is 0 Å². The van der Waals surface area contributed by atoms with Crippen molar-refractivity contribution in [3.63, 3.8) is 0 Å². The van der Waals surface area contributed by atoms with E-state index in [1.54, 1.807) is 0 Å². The zero-order valence-corrected chi connectivity index (χ0v) is 19.5. The van der Waals surface area contributed by atoms with Crippen LogP contribution >= 0.6 is 35.8 Å². The molecule has 1 heterocycles. The maximum Gasteiger partial charge on any atom is 0.194 e. The van der Waals surface area contributed by atoms with Gasteiger partial charge < -0.3 is 9.47 Å². The smallest absolute Gasteiger partial charge is 0.194 e. The molecule has 2 aromatic carbocycles. The number of hydrogen-bond acceptors (Lipinski definition) is 8. The average Bonchev–Trinajstić information content (AvgIpc) is 2.81. The molecule has 0 spiro atoms. The van der Waals surface area contributed by atoms with E-state index in [0.717, 1.165) is 29.2 Å². The van der Waals surface area contributed by atoms with Crippen molar-refractivity contribution in [1.29, 1.82) is 0 Å². The van der Waals surface area contributed by atoms with Crippen molar-refractivity contribution in [2.45, 2.75) is 29.9 Å². The Bertz CT molecular complexity index is 741. The Morgan fingerprint density at radius 2 is 1.83 bits per heavy atom. The maximum absolute atomic E-state index is 8.27. The summed E-state index contributed by atoms with van der Waals surface area (Å²) in [6.07, 6.45) is 2.09. The first-order valence-electron chi connectivity index (χ1n) is 10.1. The van der Waals surface area contributed by atoms with Gasteiger partial charge in [0.05, 0.1) is 6.61 Å². The maximum atomic E-state index is 8.27. The second kappa shape index (κ2) is 12.9. The molecule has 0 amide bonds. The van der Waals surface area contributed by atoms with Crippen LogP contribution in [0.1, 0.15) is 37.0 Å². The van der Waals surface area contributed by atoms with Gasteiger partial charge in [0.2, 0.25) is 0 Å². The van der Waals surface area contributed by atoms with Gasteiger partial charge in [0, 0.05) is 6.61 Å². The molecule has 8 heteroatoms. The summed E-state index contributed by atoms with van der Waals surface area (Å²) in [5, 5.41) is 8.27. The second-order valence-corrected chi connectivity index (χ2v) is 10.2. The molecule has 1 N–H and O–H groups in total. The van der Waals surface area contributed by atoms with E-state index in [4.69, 9.17) is 18.9 Å². The van der Waals surface area contributed by atoms with Crippen molar-refractivity contribution in [3.8, 4) is 5.75 Å². The van der Waals surface area contributed by atoms with Gasteiger partial charge in [0.25, 0.3) is 0 Å². The molecular weight excluding hydrogens is 440 g/mol. The van der Waals surface area contributed by atoms with Crippen molar-refractivity contribution in [2.24, 2.45) is 0 Å². The Labute approximate surface area is 191 Å². The largest absolute Gasteiger partial charge is 0.491 e. The molecule has 1 fully saturated rings. The molecule has 1 aliphatic rings. The van der Waals surface area contributed by atoms with Crippen molar-refractivity contribution < 1.29 is 23.2 Å². The molecule has 0 radical (unpaired) electrons. The van der Waals surface area contributed by atoms with E-state index >= 15 is 0 Å². The number of hydrogen-bond donors (Lipinski definition) is 1. The van der Waals surface area contributed by atoms with E-state index in [2.05, 4.69) is 53.7 Å². The molecule has 1 unspecified atom stereocenters. The minimum atomic E-state index is -0.189. The second-order valence-electron chi connectivity index (χ2n) is 6.72. The van der Waals surface area contributed by atoms with E-state index in [-0.39, 0.29) is 10.2 Å². The number of rotatable bonds is 12. The van der Waals surface area contributed by atoms with Crippen LogP contribution in [0.15, 0.2) is 54.6 Å². The Kier molecular flexibility index (Phi) is 10.2. The summed E-state index contributed by atoms with van der Waals surface area (Å²) in [5.74, 6) is 3.00. The molecule has 0 aliphatic carbocycles. The highest BCUT2D eigenvalue weighted by atomic mass is 32.2. The lowest BCUT2D eigenvalue weighted by Gasteiger charge is -2.42. The molecule has 0 bridgehead atoms. The molecule has 5 nitrogen and oxygen atoms in total. The zero-order chi connectivity index (χ0) is 21.1. The van der Waals surface area contributed by atoms with Crippen molar-refractivity contribution in [3.05, 3.63) is 65.7 Å². The standard InChI is InChI=1S/C22H28O5S3/c1-2-12-25-21(18-8-6-11-20(17-18)24-13-14-26-30-27-23)22(28-15-7-16-29-22)19-9-4-3-5-10-19/h3-6,8-11,17,21,23H,2,7,12-16H2,1H3. The molecule has 1 aliphatic heterocycles. The summed E-state index contributed by atoms with van der Waals surface area (Å²) in [4.78, 5) is 0. The zero-order valence-electron chi connectivity index (χ0n) is 17.0. The highest BCUT2D eigenvalue weighted by Gasteiger charge is 2.45. The number of ether oxygens (including phenoxy) is 2. The Morgan fingerprint density at radius 3 is 2.57 bits per heavy atom. The van der Waals surface area contributed by atoms with Gasteiger partial charge in [-0.3, -0.25) is 4.18 Å². The van der Waals surface area contributed by atoms with Gasteiger partial charge in [-0.15, -0.1) is 27.9 Å². The van der Waals surface area contributed by atoms with Crippen LogP contribution in [0.4, 0.5) is 0 Å². The van der Waals surface area contributed by atoms with E-state index in [9.17, 15) is 0 Å². The molecule has 30 heavy (non-hydrogen) atoms. The van der Waals surface area contributed by atoms with Gasteiger partial charge in [0.1, 0.15) is 22.5 Å². The van der Waals surface area contributed by atoms with Crippen LogP contribution in [0.5, 0.6) is 5.75 Å². The van der Waals surface area contributed by atoms with E-state index in [1.165, 1.54) is 12.0 Å². The van der Waals surface area contributed by atoms with Gasteiger partial charge in [0.15, 0.2) is 12.3 Å². The predicted octanol–water partition coefficient (Wildman–Crippen LogP) is 6.33. The fourth-order valence-electron chi connectivity index (χ4n) is 3.37. The summed E-state index contributed by atoms with van der Waals surface area (Å²) < 4.78 is 21.0.